The average Bonchev–Trinajstić information content (AvgIpc) is 3.32. The van der Waals surface area contributed by atoms with Crippen molar-refractivity contribution in [3.63, 3.8) is 0 Å². The third-order valence-corrected chi connectivity index (χ3v) is 5.10. The molecule has 3 rings (SSSR count). The van der Waals surface area contributed by atoms with Crippen molar-refractivity contribution < 1.29 is 4.39 Å². The van der Waals surface area contributed by atoms with Gasteiger partial charge in [0.1, 0.15) is 5.82 Å². The molecule has 1 aliphatic carbocycles. The van der Waals surface area contributed by atoms with Crippen molar-refractivity contribution in [3.05, 3.63) is 30.1 Å². The summed E-state index contributed by atoms with van der Waals surface area (Å²) in [6, 6.07) is 7.06. The molecule has 21 heavy (non-hydrogen) atoms. The van der Waals surface area contributed by atoms with Crippen LogP contribution in [0, 0.1) is 11.7 Å². The molecule has 2 fully saturated rings. The van der Waals surface area contributed by atoms with Gasteiger partial charge in [-0.25, -0.2) is 4.39 Å². The molecule has 1 atom stereocenters. The van der Waals surface area contributed by atoms with Crippen LogP contribution in [0.25, 0.3) is 0 Å². The summed E-state index contributed by atoms with van der Waals surface area (Å²) in [6.45, 7) is 6.69. The first-order valence-corrected chi connectivity index (χ1v) is 8.07. The number of anilines is 1. The van der Waals surface area contributed by atoms with E-state index in [9.17, 15) is 4.39 Å². The minimum atomic E-state index is -0.120. The van der Waals surface area contributed by atoms with Gasteiger partial charge < -0.3 is 10.6 Å². The summed E-state index contributed by atoms with van der Waals surface area (Å²) in [6.07, 6.45) is 3.94. The summed E-state index contributed by atoms with van der Waals surface area (Å²) in [5.41, 5.74) is 6.91. The summed E-state index contributed by atoms with van der Waals surface area (Å²) in [5, 5.41) is 0. The third kappa shape index (κ3) is 3.22. The Morgan fingerprint density at radius 1 is 1.19 bits per heavy atom. The minimum Gasteiger partial charge on any atom is -0.367 e. The second-order valence-electron chi connectivity index (χ2n) is 6.77. The van der Waals surface area contributed by atoms with E-state index in [-0.39, 0.29) is 11.4 Å². The Balaban J connectivity index is 1.63. The highest BCUT2D eigenvalue weighted by atomic mass is 19.1. The van der Waals surface area contributed by atoms with E-state index in [0.29, 0.717) is 6.54 Å². The van der Waals surface area contributed by atoms with Gasteiger partial charge in [-0.2, -0.15) is 0 Å². The van der Waals surface area contributed by atoms with Gasteiger partial charge in [0.05, 0.1) is 5.69 Å². The fourth-order valence-corrected chi connectivity index (χ4v) is 3.48. The number of para-hydroxylation sites is 1. The number of hydrogen-bond donors (Lipinski definition) is 1. The monoisotopic (exact) mass is 291 g/mol. The molecule has 2 aliphatic rings. The second-order valence-corrected chi connectivity index (χ2v) is 6.77. The molecule has 0 spiro atoms. The second kappa shape index (κ2) is 5.93. The standard InChI is InChI=1S/C17H26FN3/c1-17(13-19,12-14-6-7-14)21-10-8-20(9-11-21)16-5-3-2-4-15(16)18/h2-5,14H,6-13,19H2,1H3. The Morgan fingerprint density at radius 2 is 1.86 bits per heavy atom. The van der Waals surface area contributed by atoms with E-state index < -0.39 is 0 Å². The topological polar surface area (TPSA) is 32.5 Å². The van der Waals surface area contributed by atoms with Crippen molar-refractivity contribution in [3.8, 4) is 0 Å². The van der Waals surface area contributed by atoms with E-state index in [1.165, 1.54) is 19.3 Å². The lowest BCUT2D eigenvalue weighted by Gasteiger charge is -2.46. The predicted molar refractivity (Wildman–Crippen MR) is 85.0 cm³/mol. The zero-order valence-electron chi connectivity index (χ0n) is 12.9. The van der Waals surface area contributed by atoms with Crippen LogP contribution in [0.2, 0.25) is 0 Å². The summed E-state index contributed by atoms with van der Waals surface area (Å²) in [7, 11) is 0. The van der Waals surface area contributed by atoms with E-state index in [1.807, 2.05) is 12.1 Å². The molecule has 116 valence electrons. The normalized spacial score (nSPS) is 23.1. The molecule has 0 aromatic heterocycles. The number of rotatable bonds is 5. The van der Waals surface area contributed by atoms with Gasteiger partial charge >= 0.3 is 0 Å². The summed E-state index contributed by atoms with van der Waals surface area (Å²) >= 11 is 0. The number of benzene rings is 1. The van der Waals surface area contributed by atoms with Gasteiger partial charge in [-0.3, -0.25) is 4.90 Å². The highest BCUT2D eigenvalue weighted by Crippen LogP contribution is 2.39. The predicted octanol–water partition coefficient (Wildman–Crippen LogP) is 2.47. The molecule has 1 aromatic rings. The number of halogens is 1. The fraction of sp³-hybridized carbons (Fsp3) is 0.647. The summed E-state index contributed by atoms with van der Waals surface area (Å²) < 4.78 is 13.9. The molecule has 1 unspecified atom stereocenters. The summed E-state index contributed by atoms with van der Waals surface area (Å²) in [5.74, 6) is 0.758. The van der Waals surface area contributed by atoms with Crippen molar-refractivity contribution in [1.82, 2.24) is 4.90 Å². The number of piperazine rings is 1. The van der Waals surface area contributed by atoms with Gasteiger partial charge in [-0.1, -0.05) is 25.0 Å². The SMILES string of the molecule is CC(CN)(CC1CC1)N1CCN(c2ccccc2F)CC1. The van der Waals surface area contributed by atoms with Crippen LogP contribution in [0.15, 0.2) is 24.3 Å². The van der Waals surface area contributed by atoms with E-state index in [4.69, 9.17) is 5.73 Å². The molecule has 3 nitrogen and oxygen atoms in total. The van der Waals surface area contributed by atoms with Gasteiger partial charge in [0, 0.05) is 38.3 Å². The van der Waals surface area contributed by atoms with Crippen molar-refractivity contribution in [2.75, 3.05) is 37.6 Å². The molecule has 1 aliphatic heterocycles. The highest BCUT2D eigenvalue weighted by molar-refractivity contribution is 5.48. The molecule has 0 amide bonds. The highest BCUT2D eigenvalue weighted by Gasteiger charge is 2.38. The van der Waals surface area contributed by atoms with Crippen molar-refractivity contribution in [2.45, 2.75) is 31.7 Å². The first-order valence-electron chi connectivity index (χ1n) is 8.07. The molecule has 0 radical (unpaired) electrons. The van der Waals surface area contributed by atoms with Gasteiger partial charge in [0.15, 0.2) is 0 Å². The maximum atomic E-state index is 13.9. The lowest BCUT2D eigenvalue weighted by molar-refractivity contribution is 0.0888. The van der Waals surface area contributed by atoms with Crippen LogP contribution in [0.5, 0.6) is 0 Å². The van der Waals surface area contributed by atoms with Gasteiger partial charge in [-0.05, 0) is 31.4 Å². The first-order chi connectivity index (χ1) is 10.1. The maximum Gasteiger partial charge on any atom is 0.146 e. The lowest BCUT2D eigenvalue weighted by Crippen LogP contribution is -2.59. The molecule has 1 heterocycles. The Hall–Kier alpha value is -1.13. The van der Waals surface area contributed by atoms with Crippen LogP contribution in [0.1, 0.15) is 26.2 Å². The molecule has 1 saturated heterocycles. The molecule has 0 bridgehead atoms. The largest absolute Gasteiger partial charge is 0.367 e. The number of nitrogens with zero attached hydrogens (tertiary/aromatic N) is 2. The van der Waals surface area contributed by atoms with Crippen LogP contribution in [0.3, 0.4) is 0 Å². The molecule has 1 saturated carbocycles. The minimum absolute atomic E-state index is 0.114. The third-order valence-electron chi connectivity index (χ3n) is 5.10. The van der Waals surface area contributed by atoms with Crippen molar-refractivity contribution >= 4 is 5.69 Å². The van der Waals surface area contributed by atoms with Gasteiger partial charge in [-0.15, -0.1) is 0 Å². The van der Waals surface area contributed by atoms with Crippen molar-refractivity contribution in [2.24, 2.45) is 11.7 Å². The zero-order chi connectivity index (χ0) is 14.9. The van der Waals surface area contributed by atoms with Gasteiger partial charge in [0.25, 0.3) is 0 Å². The van der Waals surface area contributed by atoms with Crippen molar-refractivity contribution in [1.29, 1.82) is 0 Å². The van der Waals surface area contributed by atoms with E-state index >= 15 is 0 Å². The first kappa shape index (κ1) is 14.8. The molecular weight excluding hydrogens is 265 g/mol. The fourth-order valence-electron chi connectivity index (χ4n) is 3.48. The number of hydrogen-bond acceptors (Lipinski definition) is 3. The Bertz CT molecular complexity index is 481. The molecule has 2 N–H and O–H groups in total. The molecule has 1 aromatic carbocycles. The Labute approximate surface area is 126 Å². The van der Waals surface area contributed by atoms with Crippen LogP contribution >= 0.6 is 0 Å². The Kier molecular flexibility index (Phi) is 4.18. The lowest BCUT2D eigenvalue weighted by atomic mass is 9.91. The summed E-state index contributed by atoms with van der Waals surface area (Å²) in [4.78, 5) is 4.67. The van der Waals surface area contributed by atoms with Crippen LogP contribution in [-0.4, -0.2) is 43.2 Å². The van der Waals surface area contributed by atoms with E-state index in [1.54, 1.807) is 12.1 Å². The average molecular weight is 291 g/mol. The van der Waals surface area contributed by atoms with Crippen LogP contribution in [-0.2, 0) is 0 Å². The van der Waals surface area contributed by atoms with E-state index in [2.05, 4.69) is 16.7 Å². The van der Waals surface area contributed by atoms with Crippen LogP contribution < -0.4 is 10.6 Å². The zero-order valence-corrected chi connectivity index (χ0v) is 12.9. The Morgan fingerprint density at radius 3 is 2.43 bits per heavy atom. The molecular formula is C17H26FN3. The quantitative estimate of drug-likeness (QED) is 0.904. The van der Waals surface area contributed by atoms with Gasteiger partial charge in [0.2, 0.25) is 0 Å². The smallest absolute Gasteiger partial charge is 0.146 e. The molecule has 4 heteroatoms. The number of nitrogens with two attached hydrogens (primary N) is 1. The maximum absolute atomic E-state index is 13.9. The van der Waals surface area contributed by atoms with E-state index in [0.717, 1.165) is 37.8 Å². The van der Waals surface area contributed by atoms with Crippen LogP contribution in [0.4, 0.5) is 10.1 Å².